The maximum atomic E-state index is 11.1. The van der Waals surface area contributed by atoms with Crippen molar-refractivity contribution in [3.8, 4) is 0 Å². The summed E-state index contributed by atoms with van der Waals surface area (Å²) < 4.78 is 5.48. The van der Waals surface area contributed by atoms with Crippen LogP contribution in [0.2, 0.25) is 0 Å². The molecule has 6 heteroatoms. The monoisotopic (exact) mass is 281 g/mol. The van der Waals surface area contributed by atoms with E-state index in [9.17, 15) is 10.1 Å². The molecule has 6 nitrogen and oxygen atoms in total. The van der Waals surface area contributed by atoms with Crippen LogP contribution >= 0.6 is 0 Å². The number of hydrogen-bond donors (Lipinski definition) is 2. The van der Waals surface area contributed by atoms with Gasteiger partial charge in [-0.1, -0.05) is 19.9 Å². The Morgan fingerprint density at radius 1 is 1.30 bits per heavy atom. The van der Waals surface area contributed by atoms with Gasteiger partial charge in [-0.25, -0.2) is 0 Å². The number of nitrogens with one attached hydrogen (secondary N) is 2. The van der Waals surface area contributed by atoms with Crippen molar-refractivity contribution in [3.63, 3.8) is 0 Å². The van der Waals surface area contributed by atoms with Crippen LogP contribution in [-0.4, -0.2) is 31.7 Å². The van der Waals surface area contributed by atoms with E-state index in [1.54, 1.807) is 25.2 Å². The molecule has 20 heavy (non-hydrogen) atoms. The first-order valence-corrected chi connectivity index (χ1v) is 6.83. The standard InChI is InChI=1S/C14H23N3O3/c1-11(2)7-9-20-10-8-16-13-6-4-5-12(15-3)14(13)17(18)19/h4-6,11,15-16H,7-10H2,1-3H3. The molecule has 0 unspecified atom stereocenters. The fourth-order valence-electron chi connectivity index (χ4n) is 1.76. The number of nitro groups is 1. The molecule has 1 aromatic rings. The first kappa shape index (κ1) is 16.2. The lowest BCUT2D eigenvalue weighted by Gasteiger charge is -2.10. The second-order valence-corrected chi connectivity index (χ2v) is 4.93. The molecule has 1 aromatic carbocycles. The van der Waals surface area contributed by atoms with Gasteiger partial charge in [0.1, 0.15) is 11.4 Å². The minimum Gasteiger partial charge on any atom is -0.382 e. The van der Waals surface area contributed by atoms with Crippen LogP contribution in [0.3, 0.4) is 0 Å². The lowest BCUT2D eigenvalue weighted by Crippen LogP contribution is -2.12. The number of anilines is 2. The number of benzene rings is 1. The zero-order chi connectivity index (χ0) is 15.0. The van der Waals surface area contributed by atoms with Gasteiger partial charge in [-0.15, -0.1) is 0 Å². The van der Waals surface area contributed by atoms with Crippen LogP contribution in [0, 0.1) is 16.0 Å². The molecule has 0 bridgehead atoms. The Kier molecular flexibility index (Phi) is 6.79. The van der Waals surface area contributed by atoms with Crippen molar-refractivity contribution in [2.45, 2.75) is 20.3 Å². The molecule has 0 aromatic heterocycles. The summed E-state index contributed by atoms with van der Waals surface area (Å²) in [6, 6.07) is 5.16. The second-order valence-electron chi connectivity index (χ2n) is 4.93. The van der Waals surface area contributed by atoms with Crippen molar-refractivity contribution in [1.29, 1.82) is 0 Å². The van der Waals surface area contributed by atoms with E-state index < -0.39 is 0 Å². The summed E-state index contributed by atoms with van der Waals surface area (Å²) in [4.78, 5) is 10.7. The molecular weight excluding hydrogens is 258 g/mol. The second kappa shape index (κ2) is 8.37. The molecule has 0 aliphatic carbocycles. The fraction of sp³-hybridized carbons (Fsp3) is 0.571. The van der Waals surface area contributed by atoms with E-state index in [0.29, 0.717) is 30.4 Å². The fourth-order valence-corrected chi connectivity index (χ4v) is 1.76. The molecule has 0 heterocycles. The maximum absolute atomic E-state index is 11.1. The number of rotatable bonds is 9. The molecule has 112 valence electrons. The molecule has 0 saturated heterocycles. The third kappa shape index (κ3) is 5.05. The van der Waals surface area contributed by atoms with Crippen LogP contribution in [0.5, 0.6) is 0 Å². The molecule has 0 atom stereocenters. The van der Waals surface area contributed by atoms with Gasteiger partial charge in [0.05, 0.1) is 11.5 Å². The van der Waals surface area contributed by atoms with Crippen molar-refractivity contribution in [2.24, 2.45) is 5.92 Å². The van der Waals surface area contributed by atoms with Crippen LogP contribution in [0.4, 0.5) is 17.1 Å². The summed E-state index contributed by atoms with van der Waals surface area (Å²) >= 11 is 0. The van der Waals surface area contributed by atoms with Gasteiger partial charge in [0.25, 0.3) is 0 Å². The molecule has 1 rings (SSSR count). The molecule has 0 aliphatic heterocycles. The van der Waals surface area contributed by atoms with Gasteiger partial charge in [-0.2, -0.15) is 0 Å². The highest BCUT2D eigenvalue weighted by Gasteiger charge is 2.18. The molecular formula is C14H23N3O3. The van der Waals surface area contributed by atoms with E-state index in [0.717, 1.165) is 13.0 Å². The molecule has 0 saturated carbocycles. The Labute approximate surface area is 119 Å². The predicted octanol–water partition coefficient (Wildman–Crippen LogP) is 3.11. The van der Waals surface area contributed by atoms with Crippen LogP contribution < -0.4 is 10.6 Å². The van der Waals surface area contributed by atoms with Gasteiger partial charge in [-0.3, -0.25) is 10.1 Å². The number of nitrogens with zero attached hydrogens (tertiary/aromatic N) is 1. The van der Waals surface area contributed by atoms with Crippen LogP contribution in [-0.2, 0) is 4.74 Å². The minimum atomic E-state index is -0.381. The smallest absolute Gasteiger partial charge is 0.315 e. The lowest BCUT2D eigenvalue weighted by molar-refractivity contribution is -0.383. The zero-order valence-electron chi connectivity index (χ0n) is 12.3. The SMILES string of the molecule is CNc1cccc(NCCOCCC(C)C)c1[N+](=O)[O-]. The van der Waals surface area contributed by atoms with E-state index >= 15 is 0 Å². The third-order valence-corrected chi connectivity index (χ3v) is 2.89. The molecule has 2 N–H and O–H groups in total. The van der Waals surface area contributed by atoms with Gasteiger partial charge in [0.2, 0.25) is 0 Å². The number of para-hydroxylation sites is 1. The first-order chi connectivity index (χ1) is 9.56. The highest BCUT2D eigenvalue weighted by atomic mass is 16.6. The Bertz CT molecular complexity index is 436. The van der Waals surface area contributed by atoms with Gasteiger partial charge >= 0.3 is 5.69 Å². The van der Waals surface area contributed by atoms with E-state index in [1.807, 2.05) is 0 Å². The van der Waals surface area contributed by atoms with Gasteiger partial charge in [0, 0.05) is 20.2 Å². The lowest BCUT2D eigenvalue weighted by atomic mass is 10.1. The summed E-state index contributed by atoms with van der Waals surface area (Å²) in [7, 11) is 1.67. The van der Waals surface area contributed by atoms with Gasteiger partial charge in [-0.05, 0) is 24.5 Å². The predicted molar refractivity (Wildman–Crippen MR) is 81.4 cm³/mol. The Morgan fingerprint density at radius 2 is 2.00 bits per heavy atom. The average molecular weight is 281 g/mol. The van der Waals surface area contributed by atoms with Crippen LogP contribution in [0.1, 0.15) is 20.3 Å². The van der Waals surface area contributed by atoms with Crippen molar-refractivity contribution in [2.75, 3.05) is 37.4 Å². The normalized spacial score (nSPS) is 10.6. The minimum absolute atomic E-state index is 0.0668. The van der Waals surface area contributed by atoms with Crippen LogP contribution in [0.25, 0.3) is 0 Å². The first-order valence-electron chi connectivity index (χ1n) is 6.83. The summed E-state index contributed by atoms with van der Waals surface area (Å²) in [5, 5.41) is 17.0. The highest BCUT2D eigenvalue weighted by Crippen LogP contribution is 2.32. The Balaban J connectivity index is 2.49. The molecule has 0 aliphatic rings. The number of nitro benzene ring substituents is 1. The summed E-state index contributed by atoms with van der Waals surface area (Å²) in [6.07, 6.45) is 1.02. The molecule has 0 spiro atoms. The topological polar surface area (TPSA) is 76.4 Å². The molecule has 0 fully saturated rings. The summed E-state index contributed by atoms with van der Waals surface area (Å²) in [5.74, 6) is 0.622. The molecule has 0 amide bonds. The van der Waals surface area contributed by atoms with Crippen LogP contribution in [0.15, 0.2) is 18.2 Å². The Morgan fingerprint density at radius 3 is 2.60 bits per heavy atom. The third-order valence-electron chi connectivity index (χ3n) is 2.89. The van der Waals surface area contributed by atoms with Gasteiger partial charge < -0.3 is 15.4 Å². The van der Waals surface area contributed by atoms with Crippen molar-refractivity contribution in [3.05, 3.63) is 28.3 Å². The highest BCUT2D eigenvalue weighted by molar-refractivity contribution is 5.75. The summed E-state index contributed by atoms with van der Waals surface area (Å²) in [6.45, 7) is 6.10. The zero-order valence-corrected chi connectivity index (χ0v) is 12.3. The van der Waals surface area contributed by atoms with E-state index in [1.165, 1.54) is 0 Å². The van der Waals surface area contributed by atoms with Gasteiger partial charge in [0.15, 0.2) is 0 Å². The largest absolute Gasteiger partial charge is 0.382 e. The van der Waals surface area contributed by atoms with Crippen molar-refractivity contribution >= 4 is 17.1 Å². The van der Waals surface area contributed by atoms with E-state index in [4.69, 9.17) is 4.74 Å². The quantitative estimate of drug-likeness (QED) is 0.413. The van der Waals surface area contributed by atoms with E-state index in [2.05, 4.69) is 24.5 Å². The summed E-state index contributed by atoms with van der Waals surface area (Å²) in [5.41, 5.74) is 1.08. The molecule has 0 radical (unpaired) electrons. The average Bonchev–Trinajstić information content (AvgIpc) is 2.41. The Hall–Kier alpha value is -1.82. The number of hydrogen-bond acceptors (Lipinski definition) is 5. The number of ether oxygens (including phenoxy) is 1. The van der Waals surface area contributed by atoms with Crippen molar-refractivity contribution in [1.82, 2.24) is 0 Å². The maximum Gasteiger partial charge on any atom is 0.315 e. The van der Waals surface area contributed by atoms with E-state index in [-0.39, 0.29) is 10.6 Å². The van der Waals surface area contributed by atoms with Crippen molar-refractivity contribution < 1.29 is 9.66 Å².